The van der Waals surface area contributed by atoms with Gasteiger partial charge in [0, 0.05) is 0 Å². The quantitative estimate of drug-likeness (QED) is 0.870. The lowest BCUT2D eigenvalue weighted by atomic mass is 9.99. The van der Waals surface area contributed by atoms with Gasteiger partial charge in [-0.3, -0.25) is 0 Å². The number of methoxy groups -OCH3 is 1. The first kappa shape index (κ1) is 13.6. The van der Waals surface area contributed by atoms with E-state index in [1.165, 1.54) is 0 Å². The Morgan fingerprint density at radius 2 is 1.79 bits per heavy atom. The van der Waals surface area contributed by atoms with E-state index in [1.54, 1.807) is 19.2 Å². The highest BCUT2D eigenvalue weighted by Gasteiger charge is 2.17. The SMILES string of the molecule is COc1ccc([C@H](Br)c2ccccc2C(=O)O)cc1. The van der Waals surface area contributed by atoms with Gasteiger partial charge in [0.2, 0.25) is 0 Å². The normalized spacial score (nSPS) is 11.9. The lowest BCUT2D eigenvalue weighted by molar-refractivity contribution is 0.0696. The molecule has 0 unspecified atom stereocenters. The molecule has 4 heteroatoms. The third kappa shape index (κ3) is 2.96. The van der Waals surface area contributed by atoms with Crippen molar-refractivity contribution in [2.45, 2.75) is 4.83 Å². The molecule has 0 aliphatic carbocycles. The van der Waals surface area contributed by atoms with Gasteiger partial charge < -0.3 is 9.84 Å². The Kier molecular flexibility index (Phi) is 4.22. The van der Waals surface area contributed by atoms with Crippen LogP contribution in [0.3, 0.4) is 0 Å². The zero-order valence-electron chi connectivity index (χ0n) is 10.3. The molecular weight excluding hydrogens is 308 g/mol. The highest BCUT2D eigenvalue weighted by molar-refractivity contribution is 9.09. The van der Waals surface area contributed by atoms with Crippen LogP contribution in [-0.2, 0) is 0 Å². The number of carboxylic acid groups (broad SMARTS) is 1. The molecule has 3 nitrogen and oxygen atoms in total. The van der Waals surface area contributed by atoms with E-state index < -0.39 is 5.97 Å². The molecule has 0 aliphatic heterocycles. The maximum Gasteiger partial charge on any atom is 0.336 e. The standard InChI is InChI=1S/C15H13BrO3/c1-19-11-8-6-10(7-9-11)14(16)12-4-2-3-5-13(12)15(17)18/h2-9,14H,1H3,(H,17,18)/t14-/m0/s1. The molecule has 0 heterocycles. The van der Waals surface area contributed by atoms with Gasteiger partial charge in [-0.1, -0.05) is 46.3 Å². The third-order valence-corrected chi connectivity index (χ3v) is 3.89. The number of carboxylic acids is 1. The first-order valence-corrected chi connectivity index (χ1v) is 6.65. The summed E-state index contributed by atoms with van der Waals surface area (Å²) in [6.45, 7) is 0. The second-order valence-electron chi connectivity index (χ2n) is 4.03. The fourth-order valence-corrected chi connectivity index (χ4v) is 2.57. The van der Waals surface area contributed by atoms with Crippen LogP contribution >= 0.6 is 15.9 Å². The van der Waals surface area contributed by atoms with Gasteiger partial charge in [0.1, 0.15) is 5.75 Å². The van der Waals surface area contributed by atoms with Crippen molar-refractivity contribution in [1.82, 2.24) is 0 Å². The Hall–Kier alpha value is -1.81. The van der Waals surface area contributed by atoms with E-state index in [0.717, 1.165) is 16.9 Å². The summed E-state index contributed by atoms with van der Waals surface area (Å²) in [4.78, 5) is 11.1. The first-order chi connectivity index (χ1) is 9.13. The Bertz CT molecular complexity index is 578. The second kappa shape index (κ2) is 5.89. The van der Waals surface area contributed by atoms with Crippen molar-refractivity contribution in [2.75, 3.05) is 7.11 Å². The van der Waals surface area contributed by atoms with Crippen LogP contribution in [0.15, 0.2) is 48.5 Å². The van der Waals surface area contributed by atoms with Crippen LogP contribution in [0.5, 0.6) is 5.75 Å². The van der Waals surface area contributed by atoms with Gasteiger partial charge in [-0.05, 0) is 29.3 Å². The first-order valence-electron chi connectivity index (χ1n) is 5.73. The molecule has 0 bridgehead atoms. The number of aromatic carboxylic acids is 1. The van der Waals surface area contributed by atoms with Gasteiger partial charge in [-0.2, -0.15) is 0 Å². The molecule has 0 spiro atoms. The van der Waals surface area contributed by atoms with Crippen molar-refractivity contribution in [3.05, 3.63) is 65.2 Å². The number of alkyl halides is 1. The molecule has 0 radical (unpaired) electrons. The molecule has 98 valence electrons. The van der Waals surface area contributed by atoms with Crippen molar-refractivity contribution < 1.29 is 14.6 Å². The van der Waals surface area contributed by atoms with Crippen LogP contribution in [0.4, 0.5) is 0 Å². The number of hydrogen-bond donors (Lipinski definition) is 1. The maximum absolute atomic E-state index is 11.2. The van der Waals surface area contributed by atoms with Crippen molar-refractivity contribution in [1.29, 1.82) is 0 Å². The summed E-state index contributed by atoms with van der Waals surface area (Å²) in [5.74, 6) is -0.150. The number of carbonyl (C=O) groups is 1. The molecule has 2 aromatic carbocycles. The summed E-state index contributed by atoms with van der Waals surface area (Å²) in [7, 11) is 1.61. The van der Waals surface area contributed by atoms with E-state index in [1.807, 2.05) is 36.4 Å². The monoisotopic (exact) mass is 320 g/mol. The van der Waals surface area contributed by atoms with E-state index in [0.29, 0.717) is 5.56 Å². The van der Waals surface area contributed by atoms with Crippen molar-refractivity contribution in [2.24, 2.45) is 0 Å². The minimum Gasteiger partial charge on any atom is -0.497 e. The Labute approximate surface area is 120 Å². The number of benzene rings is 2. The number of hydrogen-bond acceptors (Lipinski definition) is 2. The summed E-state index contributed by atoms with van der Waals surface area (Å²) < 4.78 is 5.11. The van der Waals surface area contributed by atoms with Crippen LogP contribution < -0.4 is 4.74 Å². The van der Waals surface area contributed by atoms with Crippen LogP contribution in [-0.4, -0.2) is 18.2 Å². The zero-order valence-corrected chi connectivity index (χ0v) is 11.9. The minimum absolute atomic E-state index is 0.161. The second-order valence-corrected chi connectivity index (χ2v) is 4.94. The predicted molar refractivity (Wildman–Crippen MR) is 77.2 cm³/mol. The average Bonchev–Trinajstić information content (AvgIpc) is 2.46. The molecule has 1 atom stereocenters. The topological polar surface area (TPSA) is 46.5 Å². The molecule has 0 saturated carbocycles. The van der Waals surface area contributed by atoms with E-state index in [9.17, 15) is 9.90 Å². The lowest BCUT2D eigenvalue weighted by Crippen LogP contribution is -2.04. The molecule has 0 amide bonds. The Morgan fingerprint density at radius 1 is 1.16 bits per heavy atom. The Balaban J connectivity index is 2.37. The molecule has 19 heavy (non-hydrogen) atoms. The van der Waals surface area contributed by atoms with E-state index >= 15 is 0 Å². The van der Waals surface area contributed by atoms with E-state index in [4.69, 9.17) is 4.74 Å². The van der Waals surface area contributed by atoms with Crippen LogP contribution in [0.2, 0.25) is 0 Å². The molecule has 0 aromatic heterocycles. The summed E-state index contributed by atoms with van der Waals surface area (Å²) in [5, 5.41) is 9.20. The van der Waals surface area contributed by atoms with Gasteiger partial charge in [-0.25, -0.2) is 4.79 Å². The van der Waals surface area contributed by atoms with Gasteiger partial charge in [-0.15, -0.1) is 0 Å². The highest BCUT2D eigenvalue weighted by atomic mass is 79.9. The molecule has 2 aromatic rings. The summed E-state index contributed by atoms with van der Waals surface area (Å²) in [6, 6.07) is 14.5. The summed E-state index contributed by atoms with van der Waals surface area (Å²) in [5.41, 5.74) is 2.02. The lowest BCUT2D eigenvalue weighted by Gasteiger charge is -2.13. The molecule has 0 aliphatic rings. The molecular formula is C15H13BrO3. The van der Waals surface area contributed by atoms with Gasteiger partial charge in [0.25, 0.3) is 0 Å². The van der Waals surface area contributed by atoms with Gasteiger partial charge >= 0.3 is 5.97 Å². The summed E-state index contributed by atoms with van der Waals surface area (Å²) >= 11 is 3.56. The molecule has 0 saturated heterocycles. The van der Waals surface area contributed by atoms with E-state index in [2.05, 4.69) is 15.9 Å². The number of halogens is 1. The van der Waals surface area contributed by atoms with Gasteiger partial charge in [0.05, 0.1) is 17.5 Å². The van der Waals surface area contributed by atoms with Crippen LogP contribution in [0.1, 0.15) is 26.3 Å². The molecule has 2 rings (SSSR count). The fourth-order valence-electron chi connectivity index (χ4n) is 1.87. The fraction of sp³-hybridized carbons (Fsp3) is 0.133. The van der Waals surface area contributed by atoms with Crippen LogP contribution in [0.25, 0.3) is 0 Å². The average molecular weight is 321 g/mol. The van der Waals surface area contributed by atoms with E-state index in [-0.39, 0.29) is 4.83 Å². The summed E-state index contributed by atoms with van der Waals surface area (Å²) in [6.07, 6.45) is 0. The Morgan fingerprint density at radius 3 is 2.37 bits per heavy atom. The number of rotatable bonds is 4. The number of ether oxygens (including phenoxy) is 1. The smallest absolute Gasteiger partial charge is 0.336 e. The predicted octanol–water partition coefficient (Wildman–Crippen LogP) is 3.88. The largest absolute Gasteiger partial charge is 0.497 e. The zero-order chi connectivity index (χ0) is 13.8. The van der Waals surface area contributed by atoms with Crippen molar-refractivity contribution in [3.63, 3.8) is 0 Å². The van der Waals surface area contributed by atoms with Gasteiger partial charge in [0.15, 0.2) is 0 Å². The van der Waals surface area contributed by atoms with Crippen molar-refractivity contribution in [3.8, 4) is 5.75 Å². The molecule has 0 fully saturated rings. The molecule has 1 N–H and O–H groups in total. The highest BCUT2D eigenvalue weighted by Crippen LogP contribution is 2.33. The van der Waals surface area contributed by atoms with Crippen LogP contribution in [0, 0.1) is 0 Å². The minimum atomic E-state index is -0.923. The van der Waals surface area contributed by atoms with Crippen molar-refractivity contribution >= 4 is 21.9 Å². The third-order valence-electron chi connectivity index (χ3n) is 2.87. The maximum atomic E-state index is 11.2.